The van der Waals surface area contributed by atoms with Gasteiger partial charge in [-0.05, 0) is 55.9 Å². The van der Waals surface area contributed by atoms with Gasteiger partial charge in [-0.15, -0.1) is 0 Å². The smallest absolute Gasteiger partial charge is 0.228 e. The third-order valence-corrected chi connectivity index (χ3v) is 5.72. The van der Waals surface area contributed by atoms with Gasteiger partial charge in [-0.2, -0.15) is 0 Å². The molecule has 0 aliphatic carbocycles. The van der Waals surface area contributed by atoms with Crippen molar-refractivity contribution in [1.82, 2.24) is 19.9 Å². The molecule has 0 bridgehead atoms. The molecule has 1 N–H and O–H groups in total. The Morgan fingerprint density at radius 2 is 2.00 bits per heavy atom. The predicted octanol–water partition coefficient (Wildman–Crippen LogP) is 4.65. The standard InChI is InChI=1S/C25H29N5O/c1-19-12-13-23(27-17-19)29-25-26-15-14-22(28-25)21-10-6-16-30(18-21)24(31)11-5-9-20-7-3-2-4-8-20/h2-4,7-8,12-15,17,21H,5-6,9-11,16,18H2,1H3,(H,26,27,28,29)/t21-/m1/s1. The SMILES string of the molecule is Cc1ccc(Nc2nccc([C@@H]3CCCN(C(=O)CCCc4ccccc4)C3)n2)nc1. The van der Waals surface area contributed by atoms with Gasteiger partial charge in [0.25, 0.3) is 0 Å². The van der Waals surface area contributed by atoms with Crippen LogP contribution in [0.2, 0.25) is 0 Å². The Morgan fingerprint density at radius 1 is 1.13 bits per heavy atom. The third-order valence-electron chi connectivity index (χ3n) is 5.72. The second-order valence-corrected chi connectivity index (χ2v) is 8.17. The van der Waals surface area contributed by atoms with Crippen molar-refractivity contribution in [2.75, 3.05) is 18.4 Å². The van der Waals surface area contributed by atoms with Gasteiger partial charge in [0, 0.05) is 37.8 Å². The van der Waals surface area contributed by atoms with E-state index in [1.165, 1.54) is 5.56 Å². The van der Waals surface area contributed by atoms with Crippen molar-refractivity contribution in [3.05, 3.63) is 77.7 Å². The number of hydrogen-bond donors (Lipinski definition) is 1. The van der Waals surface area contributed by atoms with Crippen LogP contribution in [0.15, 0.2) is 60.9 Å². The minimum absolute atomic E-state index is 0.237. The van der Waals surface area contributed by atoms with Gasteiger partial charge in [-0.25, -0.2) is 15.0 Å². The van der Waals surface area contributed by atoms with Gasteiger partial charge in [0.1, 0.15) is 5.82 Å². The summed E-state index contributed by atoms with van der Waals surface area (Å²) < 4.78 is 0. The minimum atomic E-state index is 0.237. The van der Waals surface area contributed by atoms with E-state index in [0.717, 1.165) is 55.8 Å². The third kappa shape index (κ3) is 5.87. The zero-order chi connectivity index (χ0) is 21.5. The molecule has 0 radical (unpaired) electrons. The van der Waals surface area contributed by atoms with Gasteiger partial charge < -0.3 is 10.2 Å². The number of aromatic nitrogens is 3. The van der Waals surface area contributed by atoms with E-state index in [1.54, 1.807) is 6.20 Å². The van der Waals surface area contributed by atoms with Crippen LogP contribution in [0, 0.1) is 6.92 Å². The first-order valence-corrected chi connectivity index (χ1v) is 11.0. The summed E-state index contributed by atoms with van der Waals surface area (Å²) in [6, 6.07) is 16.2. The van der Waals surface area contributed by atoms with Gasteiger partial charge in [-0.3, -0.25) is 4.79 Å². The van der Waals surface area contributed by atoms with E-state index in [4.69, 9.17) is 4.98 Å². The zero-order valence-electron chi connectivity index (χ0n) is 18.0. The molecule has 6 heteroatoms. The van der Waals surface area contributed by atoms with Crippen LogP contribution >= 0.6 is 0 Å². The molecule has 0 unspecified atom stereocenters. The summed E-state index contributed by atoms with van der Waals surface area (Å²) in [5.74, 6) is 1.75. The van der Waals surface area contributed by atoms with Crippen molar-refractivity contribution in [2.24, 2.45) is 0 Å². The average molecular weight is 416 g/mol. The van der Waals surface area contributed by atoms with Crippen LogP contribution in [-0.2, 0) is 11.2 Å². The molecule has 1 atom stereocenters. The molecule has 3 aromatic rings. The van der Waals surface area contributed by atoms with Crippen LogP contribution in [0.5, 0.6) is 0 Å². The van der Waals surface area contributed by atoms with Gasteiger partial charge in [-0.1, -0.05) is 36.4 Å². The van der Waals surface area contributed by atoms with Crippen LogP contribution < -0.4 is 5.32 Å². The molecule has 3 heterocycles. The fourth-order valence-electron chi connectivity index (χ4n) is 4.01. The zero-order valence-corrected chi connectivity index (χ0v) is 18.0. The highest BCUT2D eigenvalue weighted by Crippen LogP contribution is 2.27. The number of likely N-dealkylation sites (tertiary alicyclic amines) is 1. The first-order valence-electron chi connectivity index (χ1n) is 11.0. The number of nitrogens with zero attached hydrogens (tertiary/aromatic N) is 4. The summed E-state index contributed by atoms with van der Waals surface area (Å²) in [5.41, 5.74) is 3.37. The van der Waals surface area contributed by atoms with Crippen molar-refractivity contribution >= 4 is 17.7 Å². The lowest BCUT2D eigenvalue weighted by Gasteiger charge is -2.32. The molecule has 2 aromatic heterocycles. The molecule has 1 aromatic carbocycles. The number of hydrogen-bond acceptors (Lipinski definition) is 5. The molecule has 6 nitrogen and oxygen atoms in total. The summed E-state index contributed by atoms with van der Waals surface area (Å²) in [7, 11) is 0. The number of carbonyl (C=O) groups is 1. The van der Waals surface area contributed by atoms with E-state index < -0.39 is 0 Å². The molecule has 1 saturated heterocycles. The van der Waals surface area contributed by atoms with E-state index in [9.17, 15) is 4.79 Å². The molecular formula is C25H29N5O. The van der Waals surface area contributed by atoms with Gasteiger partial charge >= 0.3 is 0 Å². The molecule has 0 spiro atoms. The van der Waals surface area contributed by atoms with Crippen molar-refractivity contribution in [2.45, 2.75) is 44.9 Å². The van der Waals surface area contributed by atoms with Crippen LogP contribution in [0.3, 0.4) is 0 Å². The molecule has 160 valence electrons. The monoisotopic (exact) mass is 415 g/mol. The molecule has 4 rings (SSSR count). The maximum Gasteiger partial charge on any atom is 0.228 e. The number of piperidine rings is 1. The lowest BCUT2D eigenvalue weighted by atomic mass is 9.94. The Balaban J connectivity index is 1.33. The topological polar surface area (TPSA) is 71.0 Å². The van der Waals surface area contributed by atoms with E-state index in [0.29, 0.717) is 12.4 Å². The van der Waals surface area contributed by atoms with Crippen molar-refractivity contribution < 1.29 is 4.79 Å². The highest BCUT2D eigenvalue weighted by molar-refractivity contribution is 5.76. The summed E-state index contributed by atoms with van der Waals surface area (Å²) in [4.78, 5) is 28.2. The number of carbonyl (C=O) groups excluding carboxylic acids is 1. The number of anilines is 2. The maximum absolute atomic E-state index is 12.8. The van der Waals surface area contributed by atoms with E-state index in [1.807, 2.05) is 54.4 Å². The van der Waals surface area contributed by atoms with Crippen molar-refractivity contribution in [1.29, 1.82) is 0 Å². The van der Waals surface area contributed by atoms with Gasteiger partial charge in [0.05, 0.1) is 5.69 Å². The quantitative estimate of drug-likeness (QED) is 0.608. The highest BCUT2D eigenvalue weighted by Gasteiger charge is 2.25. The summed E-state index contributed by atoms with van der Waals surface area (Å²) >= 11 is 0. The number of benzene rings is 1. The maximum atomic E-state index is 12.8. The summed E-state index contributed by atoms with van der Waals surface area (Å²) in [6.45, 7) is 3.57. The molecular weight excluding hydrogens is 386 g/mol. The lowest BCUT2D eigenvalue weighted by molar-refractivity contribution is -0.132. The van der Waals surface area contributed by atoms with Crippen LogP contribution in [-0.4, -0.2) is 38.8 Å². The summed E-state index contributed by atoms with van der Waals surface area (Å²) in [6.07, 6.45) is 8.05. The Bertz CT molecular complexity index is 990. The Morgan fingerprint density at radius 3 is 2.81 bits per heavy atom. The second kappa shape index (κ2) is 10.2. The van der Waals surface area contributed by atoms with Crippen LogP contribution in [0.25, 0.3) is 0 Å². The van der Waals surface area contributed by atoms with Gasteiger partial charge in [0.2, 0.25) is 11.9 Å². The largest absolute Gasteiger partial charge is 0.342 e. The Labute approximate surface area is 183 Å². The molecule has 1 fully saturated rings. The fourth-order valence-corrected chi connectivity index (χ4v) is 4.01. The van der Waals surface area contributed by atoms with Crippen molar-refractivity contribution in [3.8, 4) is 0 Å². The van der Waals surface area contributed by atoms with E-state index >= 15 is 0 Å². The number of nitrogens with one attached hydrogen (secondary N) is 1. The van der Waals surface area contributed by atoms with E-state index in [-0.39, 0.29) is 11.8 Å². The normalized spacial score (nSPS) is 16.2. The van der Waals surface area contributed by atoms with Crippen LogP contribution in [0.1, 0.15) is 48.4 Å². The molecule has 31 heavy (non-hydrogen) atoms. The second-order valence-electron chi connectivity index (χ2n) is 8.17. The number of pyridine rings is 1. The van der Waals surface area contributed by atoms with Crippen LogP contribution in [0.4, 0.5) is 11.8 Å². The molecule has 1 amide bonds. The molecule has 1 aliphatic heterocycles. The minimum Gasteiger partial charge on any atom is -0.342 e. The highest BCUT2D eigenvalue weighted by atomic mass is 16.2. The van der Waals surface area contributed by atoms with E-state index in [2.05, 4.69) is 27.4 Å². The first-order chi connectivity index (χ1) is 15.2. The lowest BCUT2D eigenvalue weighted by Crippen LogP contribution is -2.39. The fraction of sp³-hybridized carbons (Fsp3) is 0.360. The molecule has 1 aliphatic rings. The average Bonchev–Trinajstić information content (AvgIpc) is 2.81. The molecule has 0 saturated carbocycles. The number of amides is 1. The van der Waals surface area contributed by atoms with Gasteiger partial charge in [0.15, 0.2) is 0 Å². The predicted molar refractivity (Wildman–Crippen MR) is 122 cm³/mol. The first kappa shape index (κ1) is 21.0. The summed E-state index contributed by atoms with van der Waals surface area (Å²) in [5, 5.41) is 3.17. The number of rotatable bonds is 7. The number of aryl methyl sites for hydroxylation is 2. The Hall–Kier alpha value is -3.28. The van der Waals surface area contributed by atoms with Crippen molar-refractivity contribution in [3.63, 3.8) is 0 Å². The Kier molecular flexibility index (Phi) is 6.87.